The number of benzene rings is 1. The fraction of sp³-hybridized carbons (Fsp3) is 0.333. The summed E-state index contributed by atoms with van der Waals surface area (Å²) in [4.78, 5) is 23.5. The molecular weight excluding hydrogens is 332 g/mol. The Bertz CT molecular complexity index is 692. The molecule has 1 aromatic rings. The van der Waals surface area contributed by atoms with Crippen molar-refractivity contribution < 1.29 is 24.7 Å². The van der Waals surface area contributed by atoms with Crippen molar-refractivity contribution in [3.63, 3.8) is 0 Å². The Labute approximate surface area is 143 Å². The largest absolute Gasteiger partial charge is 0.494 e. The molecule has 0 spiro atoms. The van der Waals surface area contributed by atoms with Gasteiger partial charge in [-0.3, -0.25) is 14.9 Å². The van der Waals surface area contributed by atoms with Crippen molar-refractivity contribution in [3.8, 4) is 11.8 Å². The first kappa shape index (κ1) is 19.9. The third-order valence-electron chi connectivity index (χ3n) is 3.15. The van der Waals surface area contributed by atoms with Crippen molar-refractivity contribution in [2.75, 3.05) is 38.7 Å². The average molecular weight is 350 g/mol. The number of carbonyl (C=O) groups is 1. The van der Waals surface area contributed by atoms with Gasteiger partial charge < -0.3 is 25.2 Å². The first-order valence-electron chi connectivity index (χ1n) is 7.18. The topological polar surface area (TPSA) is 149 Å². The highest BCUT2D eigenvalue weighted by molar-refractivity contribution is 5.97. The van der Waals surface area contributed by atoms with Gasteiger partial charge >= 0.3 is 0 Å². The number of nitro benzene ring substituents is 1. The molecule has 0 fully saturated rings. The molecule has 1 aromatic carbocycles. The van der Waals surface area contributed by atoms with Crippen molar-refractivity contribution in [1.29, 1.82) is 5.26 Å². The summed E-state index contributed by atoms with van der Waals surface area (Å²) in [6.07, 6.45) is 1.13. The lowest BCUT2D eigenvalue weighted by Gasteiger charge is -2.20. The van der Waals surface area contributed by atoms with Crippen molar-refractivity contribution in [3.05, 3.63) is 40.1 Å². The zero-order valence-corrected chi connectivity index (χ0v) is 13.5. The van der Waals surface area contributed by atoms with Crippen LogP contribution in [-0.2, 0) is 4.79 Å². The fourth-order valence-corrected chi connectivity index (χ4v) is 1.93. The van der Waals surface area contributed by atoms with E-state index in [0.717, 1.165) is 11.1 Å². The maximum atomic E-state index is 12.2. The molecule has 0 saturated heterocycles. The van der Waals surface area contributed by atoms with Crippen LogP contribution in [0.15, 0.2) is 30.0 Å². The number of nitro groups is 1. The standard InChI is InChI=1S/C15H18N4O6/c1-25-14-8-12(19(23)24)2-3-13(14)17-10-11(9-16)15(22)18(4-6-20)5-7-21/h2-3,8,10,17,20-21H,4-7H2,1H3/b11-10-. The van der Waals surface area contributed by atoms with Crippen LogP contribution in [-0.4, -0.2) is 59.4 Å². The number of rotatable bonds is 9. The van der Waals surface area contributed by atoms with Crippen molar-refractivity contribution >= 4 is 17.3 Å². The summed E-state index contributed by atoms with van der Waals surface area (Å²) in [7, 11) is 1.33. The highest BCUT2D eigenvalue weighted by Crippen LogP contribution is 2.29. The van der Waals surface area contributed by atoms with E-state index in [4.69, 9.17) is 20.2 Å². The number of ether oxygens (including phenoxy) is 1. The van der Waals surface area contributed by atoms with E-state index in [9.17, 15) is 14.9 Å². The number of hydrogen-bond acceptors (Lipinski definition) is 8. The number of nitrogens with zero attached hydrogens (tertiary/aromatic N) is 3. The number of nitriles is 1. The Hall–Kier alpha value is -3.16. The Balaban J connectivity index is 3.02. The number of aliphatic hydroxyl groups excluding tert-OH is 2. The molecule has 25 heavy (non-hydrogen) atoms. The average Bonchev–Trinajstić information content (AvgIpc) is 2.61. The number of hydrogen-bond donors (Lipinski definition) is 3. The van der Waals surface area contributed by atoms with Crippen LogP contribution in [0.1, 0.15) is 0 Å². The third-order valence-corrected chi connectivity index (χ3v) is 3.15. The second kappa shape index (κ2) is 9.86. The van der Waals surface area contributed by atoms with Crippen LogP contribution in [0.5, 0.6) is 5.75 Å². The van der Waals surface area contributed by atoms with Crippen LogP contribution in [0.25, 0.3) is 0 Å². The maximum absolute atomic E-state index is 12.2. The van der Waals surface area contributed by atoms with Gasteiger partial charge in [0.1, 0.15) is 17.4 Å². The van der Waals surface area contributed by atoms with E-state index in [1.807, 2.05) is 0 Å². The molecule has 0 aliphatic rings. The van der Waals surface area contributed by atoms with Gasteiger partial charge in [-0.05, 0) is 6.07 Å². The van der Waals surface area contributed by atoms with E-state index in [2.05, 4.69) is 5.32 Å². The van der Waals surface area contributed by atoms with Crippen LogP contribution in [0.2, 0.25) is 0 Å². The smallest absolute Gasteiger partial charge is 0.273 e. The van der Waals surface area contributed by atoms with E-state index in [1.165, 1.54) is 25.3 Å². The number of nitrogens with one attached hydrogen (secondary N) is 1. The zero-order valence-electron chi connectivity index (χ0n) is 13.5. The summed E-state index contributed by atoms with van der Waals surface area (Å²) in [6, 6.07) is 5.56. The van der Waals surface area contributed by atoms with E-state index in [1.54, 1.807) is 6.07 Å². The van der Waals surface area contributed by atoms with Gasteiger partial charge in [0, 0.05) is 25.4 Å². The molecule has 0 radical (unpaired) electrons. The summed E-state index contributed by atoms with van der Waals surface area (Å²) in [5.74, 6) is -0.503. The van der Waals surface area contributed by atoms with Gasteiger partial charge in [0.25, 0.3) is 11.6 Å². The van der Waals surface area contributed by atoms with Gasteiger partial charge in [-0.15, -0.1) is 0 Å². The van der Waals surface area contributed by atoms with Crippen molar-refractivity contribution in [1.82, 2.24) is 4.90 Å². The number of carbonyl (C=O) groups excluding carboxylic acids is 1. The number of non-ortho nitro benzene ring substituents is 1. The molecule has 3 N–H and O–H groups in total. The number of methoxy groups -OCH3 is 1. The van der Waals surface area contributed by atoms with Crippen LogP contribution in [0.4, 0.5) is 11.4 Å². The van der Waals surface area contributed by atoms with Crippen molar-refractivity contribution in [2.45, 2.75) is 0 Å². The first-order chi connectivity index (χ1) is 12.0. The summed E-state index contributed by atoms with van der Waals surface area (Å²) >= 11 is 0. The highest BCUT2D eigenvalue weighted by Gasteiger charge is 2.18. The molecule has 0 aromatic heterocycles. The lowest BCUT2D eigenvalue weighted by atomic mass is 10.2. The van der Waals surface area contributed by atoms with E-state index < -0.39 is 10.8 Å². The minimum Gasteiger partial charge on any atom is -0.494 e. The SMILES string of the molecule is COc1cc([N+](=O)[O-])ccc1N/C=C(/C#N)C(=O)N(CCO)CCO. The van der Waals surface area contributed by atoms with E-state index >= 15 is 0 Å². The predicted octanol–water partition coefficient (Wildman–Crippen LogP) is 0.236. The molecule has 10 nitrogen and oxygen atoms in total. The van der Waals surface area contributed by atoms with Gasteiger partial charge in [-0.1, -0.05) is 0 Å². The molecular formula is C15H18N4O6. The van der Waals surface area contributed by atoms with Crippen LogP contribution < -0.4 is 10.1 Å². The second-order valence-electron chi connectivity index (χ2n) is 4.70. The molecule has 0 unspecified atom stereocenters. The molecule has 1 rings (SSSR count). The fourth-order valence-electron chi connectivity index (χ4n) is 1.93. The van der Waals surface area contributed by atoms with Gasteiger partial charge in [0.2, 0.25) is 0 Å². The van der Waals surface area contributed by atoms with E-state index in [0.29, 0.717) is 5.69 Å². The molecule has 0 aliphatic carbocycles. The van der Waals surface area contributed by atoms with Gasteiger partial charge in [0.15, 0.2) is 0 Å². The van der Waals surface area contributed by atoms with Gasteiger partial charge in [-0.25, -0.2) is 0 Å². The highest BCUT2D eigenvalue weighted by atomic mass is 16.6. The van der Waals surface area contributed by atoms with Gasteiger partial charge in [0.05, 0.1) is 37.0 Å². The zero-order chi connectivity index (χ0) is 18.8. The lowest BCUT2D eigenvalue weighted by molar-refractivity contribution is -0.384. The molecule has 0 bridgehead atoms. The Morgan fingerprint density at radius 2 is 2.08 bits per heavy atom. The Morgan fingerprint density at radius 3 is 2.56 bits per heavy atom. The summed E-state index contributed by atoms with van der Waals surface area (Å²) in [5.41, 5.74) is -0.105. The summed E-state index contributed by atoms with van der Waals surface area (Å²) in [6.45, 7) is -0.680. The number of aliphatic hydroxyl groups is 2. The molecule has 0 saturated carbocycles. The predicted molar refractivity (Wildman–Crippen MR) is 87.7 cm³/mol. The molecule has 134 valence electrons. The molecule has 0 atom stereocenters. The van der Waals surface area contributed by atoms with Gasteiger partial charge in [-0.2, -0.15) is 5.26 Å². The minimum atomic E-state index is -0.668. The first-order valence-corrected chi connectivity index (χ1v) is 7.18. The van der Waals surface area contributed by atoms with Crippen LogP contribution in [0, 0.1) is 21.4 Å². The number of amides is 1. The lowest BCUT2D eigenvalue weighted by Crippen LogP contribution is -2.36. The molecule has 1 amide bonds. The van der Waals surface area contributed by atoms with E-state index in [-0.39, 0.29) is 43.3 Å². The summed E-state index contributed by atoms with van der Waals surface area (Å²) in [5, 5.41) is 40.5. The Kier molecular flexibility index (Phi) is 7.85. The second-order valence-corrected chi connectivity index (χ2v) is 4.70. The normalized spacial score (nSPS) is 10.7. The Morgan fingerprint density at radius 1 is 1.44 bits per heavy atom. The van der Waals surface area contributed by atoms with Crippen molar-refractivity contribution in [2.24, 2.45) is 0 Å². The molecule has 10 heteroatoms. The molecule has 0 heterocycles. The van der Waals surface area contributed by atoms with Crippen LogP contribution in [0.3, 0.4) is 0 Å². The third kappa shape index (κ3) is 5.45. The quantitative estimate of drug-likeness (QED) is 0.248. The molecule has 0 aliphatic heterocycles. The number of anilines is 1. The monoisotopic (exact) mass is 350 g/mol. The summed E-state index contributed by atoms with van der Waals surface area (Å²) < 4.78 is 5.05. The maximum Gasteiger partial charge on any atom is 0.273 e. The minimum absolute atomic E-state index is 0.0285. The van der Waals surface area contributed by atoms with Crippen LogP contribution >= 0.6 is 0 Å².